The summed E-state index contributed by atoms with van der Waals surface area (Å²) in [7, 11) is 4.40. The Morgan fingerprint density at radius 1 is 0.750 bits per heavy atom. The Bertz CT molecular complexity index is 1350. The van der Waals surface area contributed by atoms with Crippen molar-refractivity contribution in [3.05, 3.63) is 82.4 Å². The van der Waals surface area contributed by atoms with E-state index in [-0.39, 0.29) is 29.1 Å². The molecule has 0 bridgehead atoms. The summed E-state index contributed by atoms with van der Waals surface area (Å²) in [6.07, 6.45) is -0.126. The molecule has 1 aliphatic rings. The lowest BCUT2D eigenvalue weighted by Gasteiger charge is -2.18. The number of carbonyl (C=O) groups excluding carboxylic acids is 4. The third kappa shape index (κ3) is 4.76. The number of amides is 1. The zero-order valence-electron chi connectivity index (χ0n) is 19.9. The predicted molar refractivity (Wildman–Crippen MR) is 129 cm³/mol. The molecule has 184 valence electrons. The molecule has 0 saturated carbocycles. The molecule has 0 aliphatic heterocycles. The first-order valence-corrected chi connectivity index (χ1v) is 10.9. The molecule has 0 aromatic heterocycles. The second kappa shape index (κ2) is 10.3. The number of ether oxygens (including phenoxy) is 4. The summed E-state index contributed by atoms with van der Waals surface area (Å²) in [5, 5.41) is 2.59. The van der Waals surface area contributed by atoms with E-state index >= 15 is 0 Å². The van der Waals surface area contributed by atoms with Gasteiger partial charge in [0.25, 0.3) is 5.91 Å². The zero-order valence-corrected chi connectivity index (χ0v) is 19.9. The van der Waals surface area contributed by atoms with Crippen molar-refractivity contribution >= 4 is 29.1 Å². The molecule has 9 heteroatoms. The SMILES string of the molecule is COc1cc(CC(=O)OCC(=O)Nc2ccc3c(c2)C(=O)c2ccccc2C3=O)cc(OC)c1OC. The zero-order chi connectivity index (χ0) is 25.8. The first-order valence-electron chi connectivity index (χ1n) is 10.9. The predicted octanol–water partition coefficient (Wildman–Crippen LogP) is 3.21. The van der Waals surface area contributed by atoms with Crippen LogP contribution >= 0.6 is 0 Å². The number of carbonyl (C=O) groups is 4. The van der Waals surface area contributed by atoms with Gasteiger partial charge >= 0.3 is 5.97 Å². The Labute approximate surface area is 206 Å². The minimum Gasteiger partial charge on any atom is -0.493 e. The van der Waals surface area contributed by atoms with Crippen LogP contribution in [0.2, 0.25) is 0 Å². The molecule has 9 nitrogen and oxygen atoms in total. The van der Waals surface area contributed by atoms with Gasteiger partial charge in [0, 0.05) is 27.9 Å². The van der Waals surface area contributed by atoms with Crippen LogP contribution in [0, 0.1) is 0 Å². The smallest absolute Gasteiger partial charge is 0.310 e. The van der Waals surface area contributed by atoms with E-state index in [4.69, 9.17) is 18.9 Å². The van der Waals surface area contributed by atoms with E-state index in [1.807, 2.05) is 0 Å². The lowest BCUT2D eigenvalue weighted by molar-refractivity contribution is -0.146. The van der Waals surface area contributed by atoms with Gasteiger partial charge in [-0.15, -0.1) is 0 Å². The molecule has 0 radical (unpaired) electrons. The highest BCUT2D eigenvalue weighted by molar-refractivity contribution is 6.28. The molecule has 0 atom stereocenters. The molecular formula is C27H23NO8. The van der Waals surface area contributed by atoms with Crippen LogP contribution < -0.4 is 19.5 Å². The minimum atomic E-state index is -0.637. The van der Waals surface area contributed by atoms with E-state index in [1.165, 1.54) is 39.5 Å². The first-order chi connectivity index (χ1) is 17.4. The molecule has 1 aliphatic carbocycles. The molecule has 1 N–H and O–H groups in total. The van der Waals surface area contributed by atoms with Crippen LogP contribution in [0.5, 0.6) is 17.2 Å². The van der Waals surface area contributed by atoms with Crippen molar-refractivity contribution < 1.29 is 38.1 Å². The number of hydrogen-bond donors (Lipinski definition) is 1. The molecule has 4 rings (SSSR count). The van der Waals surface area contributed by atoms with Gasteiger partial charge in [-0.05, 0) is 35.9 Å². The summed E-state index contributed by atoms with van der Waals surface area (Å²) in [5.74, 6) is -0.608. The van der Waals surface area contributed by atoms with Gasteiger partial charge in [-0.1, -0.05) is 24.3 Å². The summed E-state index contributed by atoms with van der Waals surface area (Å²) < 4.78 is 20.9. The van der Waals surface area contributed by atoms with Crippen LogP contribution in [0.1, 0.15) is 37.4 Å². The van der Waals surface area contributed by atoms with Gasteiger partial charge < -0.3 is 24.3 Å². The summed E-state index contributed by atoms with van der Waals surface area (Å²) in [4.78, 5) is 50.2. The van der Waals surface area contributed by atoms with E-state index < -0.39 is 18.5 Å². The Hall–Kier alpha value is -4.66. The number of nitrogens with one attached hydrogen (secondary N) is 1. The molecule has 0 spiro atoms. The Kier molecular flexibility index (Phi) is 7.00. The highest BCUT2D eigenvalue weighted by atomic mass is 16.5. The van der Waals surface area contributed by atoms with Crippen molar-refractivity contribution in [1.82, 2.24) is 0 Å². The topological polar surface area (TPSA) is 117 Å². The van der Waals surface area contributed by atoms with Crippen LogP contribution in [0.4, 0.5) is 5.69 Å². The molecule has 0 unspecified atom stereocenters. The second-order valence-corrected chi connectivity index (χ2v) is 7.88. The minimum absolute atomic E-state index is 0.126. The lowest BCUT2D eigenvalue weighted by Crippen LogP contribution is -2.23. The van der Waals surface area contributed by atoms with Gasteiger partial charge in [0.05, 0.1) is 27.8 Å². The highest BCUT2D eigenvalue weighted by Gasteiger charge is 2.29. The van der Waals surface area contributed by atoms with Crippen LogP contribution in [0.15, 0.2) is 54.6 Å². The second-order valence-electron chi connectivity index (χ2n) is 7.88. The van der Waals surface area contributed by atoms with E-state index in [9.17, 15) is 19.2 Å². The van der Waals surface area contributed by atoms with Gasteiger partial charge in [0.2, 0.25) is 5.75 Å². The molecular weight excluding hydrogens is 466 g/mol. The van der Waals surface area contributed by atoms with Gasteiger partial charge in [-0.25, -0.2) is 0 Å². The fourth-order valence-electron chi connectivity index (χ4n) is 3.98. The normalized spacial score (nSPS) is 11.8. The van der Waals surface area contributed by atoms with Gasteiger partial charge in [0.15, 0.2) is 29.7 Å². The number of ketones is 2. The number of anilines is 1. The molecule has 3 aromatic rings. The Morgan fingerprint density at radius 2 is 1.33 bits per heavy atom. The quantitative estimate of drug-likeness (QED) is 0.375. The van der Waals surface area contributed by atoms with E-state index in [0.29, 0.717) is 39.6 Å². The molecule has 36 heavy (non-hydrogen) atoms. The van der Waals surface area contributed by atoms with Gasteiger partial charge in [-0.3, -0.25) is 19.2 Å². The number of hydrogen-bond acceptors (Lipinski definition) is 8. The molecule has 0 fully saturated rings. The Morgan fingerprint density at radius 3 is 1.92 bits per heavy atom. The summed E-state index contributed by atoms with van der Waals surface area (Å²) in [6, 6.07) is 14.3. The standard InChI is InChI=1S/C27H23NO8/c1-33-21-10-15(11-22(34-2)27(21)35-3)12-24(30)36-14-23(29)28-16-8-9-19-20(13-16)26(32)18-7-5-4-6-17(18)25(19)31/h4-11,13H,12,14H2,1-3H3,(H,28,29). The Balaban J connectivity index is 1.39. The maximum absolute atomic E-state index is 12.9. The van der Waals surface area contributed by atoms with Crippen LogP contribution in [0.25, 0.3) is 0 Å². The van der Waals surface area contributed by atoms with E-state index in [2.05, 4.69) is 5.32 Å². The maximum atomic E-state index is 12.9. The third-order valence-electron chi connectivity index (χ3n) is 5.65. The molecule has 0 saturated heterocycles. The third-order valence-corrected chi connectivity index (χ3v) is 5.65. The van der Waals surface area contributed by atoms with Gasteiger partial charge in [0.1, 0.15) is 0 Å². The van der Waals surface area contributed by atoms with Gasteiger partial charge in [-0.2, -0.15) is 0 Å². The number of benzene rings is 3. The maximum Gasteiger partial charge on any atom is 0.310 e. The molecule has 3 aromatic carbocycles. The van der Waals surface area contributed by atoms with Crippen molar-refractivity contribution in [2.75, 3.05) is 33.3 Å². The van der Waals surface area contributed by atoms with Crippen molar-refractivity contribution in [2.24, 2.45) is 0 Å². The molecule has 0 heterocycles. The monoisotopic (exact) mass is 489 g/mol. The average molecular weight is 489 g/mol. The largest absolute Gasteiger partial charge is 0.493 e. The lowest BCUT2D eigenvalue weighted by atomic mass is 9.84. The number of esters is 1. The summed E-state index contributed by atoms with van der Waals surface area (Å²) >= 11 is 0. The van der Waals surface area contributed by atoms with E-state index in [0.717, 1.165) is 0 Å². The van der Waals surface area contributed by atoms with Crippen LogP contribution in [-0.2, 0) is 20.7 Å². The fraction of sp³-hybridized carbons (Fsp3) is 0.185. The average Bonchev–Trinajstić information content (AvgIpc) is 2.89. The van der Waals surface area contributed by atoms with Crippen molar-refractivity contribution in [2.45, 2.75) is 6.42 Å². The van der Waals surface area contributed by atoms with Crippen LogP contribution in [0.3, 0.4) is 0 Å². The van der Waals surface area contributed by atoms with Crippen molar-refractivity contribution in [3.8, 4) is 17.2 Å². The van der Waals surface area contributed by atoms with Crippen molar-refractivity contribution in [3.63, 3.8) is 0 Å². The van der Waals surface area contributed by atoms with Crippen molar-refractivity contribution in [1.29, 1.82) is 0 Å². The summed E-state index contributed by atoms with van der Waals surface area (Å²) in [5.41, 5.74) is 2.00. The number of methoxy groups -OCH3 is 3. The first kappa shape index (κ1) is 24.5. The number of rotatable bonds is 8. The summed E-state index contributed by atoms with van der Waals surface area (Å²) in [6.45, 7) is -0.532. The fourth-order valence-corrected chi connectivity index (χ4v) is 3.98. The molecule has 1 amide bonds. The van der Waals surface area contributed by atoms with E-state index in [1.54, 1.807) is 36.4 Å². The number of fused-ring (bicyclic) bond motifs is 2. The van der Waals surface area contributed by atoms with Crippen LogP contribution in [-0.4, -0.2) is 51.4 Å². The highest BCUT2D eigenvalue weighted by Crippen LogP contribution is 2.38.